The first-order valence-corrected chi connectivity index (χ1v) is 14.7. The Labute approximate surface area is 258 Å². The Morgan fingerprint density at radius 2 is 1.76 bits per heavy atom. The minimum Gasteiger partial charge on any atom is -0.489 e. The van der Waals surface area contributed by atoms with Crippen LogP contribution >= 0.6 is 0 Å². The maximum Gasteiger partial charge on any atom is 0.319 e. The first kappa shape index (κ1) is 30.3. The van der Waals surface area contributed by atoms with Crippen LogP contribution in [0.2, 0.25) is 0 Å². The van der Waals surface area contributed by atoms with Crippen molar-refractivity contribution in [3.63, 3.8) is 0 Å². The molecular formula is C32H33F2N5O6. The van der Waals surface area contributed by atoms with Gasteiger partial charge in [0.25, 0.3) is 0 Å². The van der Waals surface area contributed by atoms with Crippen LogP contribution in [0.4, 0.5) is 19.3 Å². The van der Waals surface area contributed by atoms with Gasteiger partial charge in [0, 0.05) is 37.5 Å². The van der Waals surface area contributed by atoms with Crippen LogP contribution in [0, 0.1) is 11.6 Å². The van der Waals surface area contributed by atoms with Crippen molar-refractivity contribution in [2.75, 3.05) is 58.0 Å². The SMILES string of the molecule is C[C@@H](NC(=O)Nc1ccc(Oc2ncnc3cc(OCCCN4CCOCC4)c4c(c23)OCCO4)c(F)c1)c1ccc(F)cc1. The van der Waals surface area contributed by atoms with Gasteiger partial charge in [0.1, 0.15) is 30.7 Å². The molecule has 1 saturated heterocycles. The zero-order valence-corrected chi connectivity index (χ0v) is 24.7. The lowest BCUT2D eigenvalue weighted by atomic mass is 10.1. The predicted octanol–water partition coefficient (Wildman–Crippen LogP) is 5.46. The molecule has 11 nitrogen and oxygen atoms in total. The van der Waals surface area contributed by atoms with Gasteiger partial charge in [-0.25, -0.2) is 23.5 Å². The van der Waals surface area contributed by atoms with Crippen LogP contribution in [0.5, 0.6) is 28.9 Å². The molecule has 3 aromatic carbocycles. The largest absolute Gasteiger partial charge is 0.489 e. The van der Waals surface area contributed by atoms with Crippen molar-refractivity contribution in [2.24, 2.45) is 0 Å². The summed E-state index contributed by atoms with van der Waals surface area (Å²) in [5, 5.41) is 5.75. The Bertz CT molecular complexity index is 1650. The van der Waals surface area contributed by atoms with E-state index in [2.05, 4.69) is 25.5 Å². The number of hydrogen-bond donors (Lipinski definition) is 2. The lowest BCUT2D eigenvalue weighted by Gasteiger charge is -2.26. The number of ether oxygens (including phenoxy) is 5. The van der Waals surface area contributed by atoms with Gasteiger partial charge in [-0.15, -0.1) is 0 Å². The molecule has 0 bridgehead atoms. The molecule has 45 heavy (non-hydrogen) atoms. The van der Waals surface area contributed by atoms with Crippen molar-refractivity contribution in [3.05, 3.63) is 72.1 Å². The van der Waals surface area contributed by atoms with Gasteiger partial charge in [0.15, 0.2) is 23.1 Å². The summed E-state index contributed by atoms with van der Waals surface area (Å²) in [4.78, 5) is 23.5. The smallest absolute Gasteiger partial charge is 0.319 e. The van der Waals surface area contributed by atoms with Gasteiger partial charge >= 0.3 is 6.03 Å². The monoisotopic (exact) mass is 621 g/mol. The fraction of sp³-hybridized carbons (Fsp3) is 0.344. The van der Waals surface area contributed by atoms with E-state index in [9.17, 15) is 9.18 Å². The van der Waals surface area contributed by atoms with Crippen LogP contribution in [0.25, 0.3) is 10.9 Å². The Morgan fingerprint density at radius 1 is 0.978 bits per heavy atom. The van der Waals surface area contributed by atoms with Crippen molar-refractivity contribution < 1.29 is 37.3 Å². The number of benzene rings is 3. The average molecular weight is 622 g/mol. The van der Waals surface area contributed by atoms with Gasteiger partial charge in [-0.1, -0.05) is 12.1 Å². The first-order chi connectivity index (χ1) is 21.9. The number of amides is 2. The number of rotatable bonds is 10. The second kappa shape index (κ2) is 13.9. The number of nitrogens with one attached hydrogen (secondary N) is 2. The Balaban J connectivity index is 1.14. The van der Waals surface area contributed by atoms with Gasteiger partial charge in [0.2, 0.25) is 11.6 Å². The summed E-state index contributed by atoms with van der Waals surface area (Å²) in [6.45, 7) is 7.08. The average Bonchev–Trinajstić information content (AvgIpc) is 3.05. The molecule has 0 spiro atoms. The number of carbonyl (C=O) groups is 1. The van der Waals surface area contributed by atoms with Crippen molar-refractivity contribution in [2.45, 2.75) is 19.4 Å². The molecule has 236 valence electrons. The van der Waals surface area contributed by atoms with Crippen molar-refractivity contribution >= 4 is 22.6 Å². The summed E-state index contributed by atoms with van der Waals surface area (Å²) in [5.41, 5.74) is 1.41. The van der Waals surface area contributed by atoms with Crippen molar-refractivity contribution in [3.8, 4) is 28.9 Å². The molecule has 2 aliphatic rings. The fourth-order valence-electron chi connectivity index (χ4n) is 5.13. The van der Waals surface area contributed by atoms with Gasteiger partial charge in [-0.3, -0.25) is 4.90 Å². The van der Waals surface area contributed by atoms with Gasteiger partial charge in [-0.05, 0) is 43.2 Å². The Hall–Kier alpha value is -4.75. The molecule has 2 aliphatic heterocycles. The summed E-state index contributed by atoms with van der Waals surface area (Å²) in [7, 11) is 0. The van der Waals surface area contributed by atoms with E-state index in [0.29, 0.717) is 48.0 Å². The highest BCUT2D eigenvalue weighted by Crippen LogP contribution is 2.48. The lowest BCUT2D eigenvalue weighted by molar-refractivity contribution is 0.0357. The molecule has 2 N–H and O–H groups in total. The van der Waals surface area contributed by atoms with E-state index in [4.69, 9.17) is 23.7 Å². The molecule has 0 aliphatic carbocycles. The Morgan fingerprint density at radius 3 is 2.53 bits per heavy atom. The first-order valence-electron chi connectivity index (χ1n) is 14.7. The molecular weight excluding hydrogens is 588 g/mol. The lowest BCUT2D eigenvalue weighted by Crippen LogP contribution is -2.37. The summed E-state index contributed by atoms with van der Waals surface area (Å²) < 4.78 is 57.7. The summed E-state index contributed by atoms with van der Waals surface area (Å²) in [6.07, 6.45) is 2.14. The fourth-order valence-corrected chi connectivity index (χ4v) is 5.13. The van der Waals surface area contributed by atoms with E-state index in [0.717, 1.165) is 50.9 Å². The highest BCUT2D eigenvalue weighted by molar-refractivity contribution is 5.94. The number of urea groups is 1. The summed E-state index contributed by atoms with van der Waals surface area (Å²) in [6, 6.07) is 10.6. The number of halogens is 2. The number of aromatic nitrogens is 2. The van der Waals surface area contributed by atoms with E-state index in [1.165, 1.54) is 30.6 Å². The van der Waals surface area contributed by atoms with Crippen LogP contribution in [-0.4, -0.2) is 73.6 Å². The zero-order valence-electron chi connectivity index (χ0n) is 24.7. The summed E-state index contributed by atoms with van der Waals surface area (Å²) >= 11 is 0. The number of nitrogens with zero attached hydrogens (tertiary/aromatic N) is 3. The molecule has 13 heteroatoms. The second-order valence-corrected chi connectivity index (χ2v) is 10.6. The molecule has 3 heterocycles. The number of carbonyl (C=O) groups excluding carboxylic acids is 1. The number of fused-ring (bicyclic) bond motifs is 3. The molecule has 1 aromatic heterocycles. The Kier molecular flexibility index (Phi) is 9.36. The predicted molar refractivity (Wildman–Crippen MR) is 161 cm³/mol. The van der Waals surface area contributed by atoms with Gasteiger partial charge in [-0.2, -0.15) is 0 Å². The topological polar surface area (TPSA) is 116 Å². The third-order valence-corrected chi connectivity index (χ3v) is 7.44. The second-order valence-electron chi connectivity index (χ2n) is 10.6. The summed E-state index contributed by atoms with van der Waals surface area (Å²) in [5.74, 6) is 0.146. The van der Waals surface area contributed by atoms with Crippen LogP contribution < -0.4 is 29.6 Å². The van der Waals surface area contributed by atoms with E-state index in [-0.39, 0.29) is 23.1 Å². The van der Waals surface area contributed by atoms with E-state index >= 15 is 4.39 Å². The third-order valence-electron chi connectivity index (χ3n) is 7.44. The highest BCUT2D eigenvalue weighted by Gasteiger charge is 2.26. The minimum absolute atomic E-state index is 0.0751. The molecule has 0 saturated carbocycles. The van der Waals surface area contributed by atoms with Crippen LogP contribution in [-0.2, 0) is 4.74 Å². The number of hydrogen-bond acceptors (Lipinski definition) is 9. The molecule has 1 atom stereocenters. The van der Waals surface area contributed by atoms with Crippen LogP contribution in [0.1, 0.15) is 24.9 Å². The maximum absolute atomic E-state index is 15.2. The molecule has 2 amide bonds. The van der Waals surface area contributed by atoms with Crippen LogP contribution in [0.15, 0.2) is 54.9 Å². The minimum atomic E-state index is -0.725. The highest BCUT2D eigenvalue weighted by atomic mass is 19.1. The van der Waals surface area contributed by atoms with E-state index in [1.54, 1.807) is 25.1 Å². The number of anilines is 1. The van der Waals surface area contributed by atoms with Crippen molar-refractivity contribution in [1.29, 1.82) is 0 Å². The normalized spacial score (nSPS) is 15.4. The number of morpholine rings is 1. The van der Waals surface area contributed by atoms with Crippen molar-refractivity contribution in [1.82, 2.24) is 20.2 Å². The standard InChI is InChI=1S/C32H33F2N5O6/c1-20(21-3-5-22(33)6-4-21)37-32(40)38-23-7-8-26(24(34)17-23)45-31-28-25(35-19-36-31)18-27(29-30(28)44-16-15-43-29)42-12-2-9-39-10-13-41-14-11-39/h3-8,17-20H,2,9-16H2,1H3,(H2,37,38,40)/t20-/m1/s1. The van der Waals surface area contributed by atoms with Gasteiger partial charge < -0.3 is 34.3 Å². The maximum atomic E-state index is 15.2. The molecule has 0 radical (unpaired) electrons. The van der Waals surface area contributed by atoms with Crippen LogP contribution in [0.3, 0.4) is 0 Å². The quantitative estimate of drug-likeness (QED) is 0.223. The molecule has 6 rings (SSSR count). The molecule has 4 aromatic rings. The van der Waals surface area contributed by atoms with E-state index in [1.807, 2.05) is 0 Å². The molecule has 1 fully saturated rings. The molecule has 0 unspecified atom stereocenters. The zero-order chi connectivity index (χ0) is 31.2. The van der Waals surface area contributed by atoms with E-state index < -0.39 is 17.9 Å². The third kappa shape index (κ3) is 7.32. The van der Waals surface area contributed by atoms with Gasteiger partial charge in [0.05, 0.1) is 31.4 Å².